The van der Waals surface area contributed by atoms with Crippen molar-refractivity contribution in [2.24, 2.45) is 0 Å². The lowest BCUT2D eigenvalue weighted by molar-refractivity contribution is 0.350. The molecule has 0 unspecified atom stereocenters. The Morgan fingerprint density at radius 2 is 1.33 bits per heavy atom. The van der Waals surface area contributed by atoms with E-state index in [2.05, 4.69) is 4.72 Å². The molecule has 0 heterocycles. The Morgan fingerprint density at radius 1 is 0.767 bits per heavy atom. The first-order chi connectivity index (χ1) is 14.4. The van der Waals surface area contributed by atoms with Gasteiger partial charge in [-0.25, -0.2) is 12.8 Å². The summed E-state index contributed by atoms with van der Waals surface area (Å²) in [5.74, 6) is 0.773. The summed E-state index contributed by atoms with van der Waals surface area (Å²) >= 11 is 0. The maximum absolute atomic E-state index is 14.3. The summed E-state index contributed by atoms with van der Waals surface area (Å²) in [6.45, 7) is 0. The van der Waals surface area contributed by atoms with Crippen molar-refractivity contribution < 1.29 is 31.8 Å². The van der Waals surface area contributed by atoms with Gasteiger partial charge in [0, 0.05) is 17.8 Å². The quantitative estimate of drug-likeness (QED) is 0.565. The van der Waals surface area contributed by atoms with E-state index in [4.69, 9.17) is 18.9 Å². The number of sulfonamides is 1. The molecular weight excluding hydrogens is 413 g/mol. The van der Waals surface area contributed by atoms with Gasteiger partial charge in [-0.2, -0.15) is 0 Å². The summed E-state index contributed by atoms with van der Waals surface area (Å²) in [5, 5.41) is 0. The van der Waals surface area contributed by atoms with Crippen molar-refractivity contribution in [3.8, 4) is 28.7 Å². The highest BCUT2D eigenvalue weighted by Gasteiger charge is 2.23. The molecule has 1 N–H and O–H groups in total. The smallest absolute Gasteiger partial charge is 0.264 e. The zero-order valence-corrected chi connectivity index (χ0v) is 17.3. The number of hydrogen-bond donors (Lipinski definition) is 1. The van der Waals surface area contributed by atoms with E-state index in [1.54, 1.807) is 30.3 Å². The van der Waals surface area contributed by atoms with Crippen molar-refractivity contribution in [1.82, 2.24) is 0 Å². The van der Waals surface area contributed by atoms with Crippen LogP contribution in [0.15, 0.2) is 65.6 Å². The molecule has 0 aliphatic heterocycles. The number of anilines is 1. The summed E-state index contributed by atoms with van der Waals surface area (Å²) in [4.78, 5) is -0.561. The Morgan fingerprint density at radius 3 is 1.93 bits per heavy atom. The van der Waals surface area contributed by atoms with Gasteiger partial charge in [-0.3, -0.25) is 4.72 Å². The summed E-state index contributed by atoms with van der Waals surface area (Å²) in [7, 11) is -0.00517. The van der Waals surface area contributed by atoms with Gasteiger partial charge in [0.25, 0.3) is 10.0 Å². The minimum Gasteiger partial charge on any atom is -0.493 e. The average molecular weight is 433 g/mol. The van der Waals surface area contributed by atoms with Gasteiger partial charge in [-0.05, 0) is 36.4 Å². The molecule has 0 aliphatic carbocycles. The van der Waals surface area contributed by atoms with Crippen LogP contribution in [0.5, 0.6) is 28.7 Å². The zero-order chi connectivity index (χ0) is 21.7. The number of rotatable bonds is 8. The molecule has 3 aromatic carbocycles. The van der Waals surface area contributed by atoms with Crippen LogP contribution in [-0.4, -0.2) is 29.7 Å². The third-order valence-corrected chi connectivity index (χ3v) is 5.53. The average Bonchev–Trinajstić information content (AvgIpc) is 2.74. The molecule has 0 spiro atoms. The van der Waals surface area contributed by atoms with Crippen molar-refractivity contribution >= 4 is 15.7 Å². The Balaban J connectivity index is 1.81. The number of hydrogen-bond acceptors (Lipinski definition) is 6. The number of halogens is 1. The van der Waals surface area contributed by atoms with Crippen LogP contribution in [0.2, 0.25) is 0 Å². The number of para-hydroxylation sites is 2. The minimum atomic E-state index is -4.21. The van der Waals surface area contributed by atoms with E-state index in [-0.39, 0.29) is 17.2 Å². The van der Waals surface area contributed by atoms with Gasteiger partial charge in [0.05, 0.1) is 21.3 Å². The lowest BCUT2D eigenvalue weighted by atomic mass is 10.3. The van der Waals surface area contributed by atoms with E-state index in [1.165, 1.54) is 33.5 Å². The van der Waals surface area contributed by atoms with Crippen LogP contribution in [0.4, 0.5) is 10.1 Å². The standard InChI is InChI=1S/C21H20FNO6S/c1-26-17-6-4-5-7-18(17)29-15-10-8-14(9-11-15)23-30(24,25)21-13-20(28-3)19(27-2)12-16(21)22/h4-13,23H,1-3H3. The van der Waals surface area contributed by atoms with E-state index in [0.717, 1.165) is 12.1 Å². The number of benzene rings is 3. The minimum absolute atomic E-state index is 0.0896. The second-order valence-electron chi connectivity index (χ2n) is 6.02. The van der Waals surface area contributed by atoms with Gasteiger partial charge in [0.15, 0.2) is 23.0 Å². The van der Waals surface area contributed by atoms with Gasteiger partial charge in [0.2, 0.25) is 0 Å². The predicted octanol–water partition coefficient (Wildman–Crippen LogP) is 4.44. The molecule has 0 bridgehead atoms. The van der Waals surface area contributed by atoms with Gasteiger partial charge < -0.3 is 18.9 Å². The Hall–Kier alpha value is -3.46. The highest BCUT2D eigenvalue weighted by Crippen LogP contribution is 2.34. The SMILES string of the molecule is COc1cc(F)c(S(=O)(=O)Nc2ccc(Oc3ccccc3OC)cc2)cc1OC. The second kappa shape index (κ2) is 8.91. The molecule has 0 saturated heterocycles. The van der Waals surface area contributed by atoms with E-state index >= 15 is 0 Å². The summed E-state index contributed by atoms with van der Waals surface area (Å²) in [6.07, 6.45) is 0. The first-order valence-electron chi connectivity index (χ1n) is 8.73. The maximum Gasteiger partial charge on any atom is 0.264 e. The first-order valence-corrected chi connectivity index (χ1v) is 10.2. The third-order valence-electron chi connectivity index (χ3n) is 4.13. The topological polar surface area (TPSA) is 83.1 Å². The van der Waals surface area contributed by atoms with Crippen molar-refractivity contribution in [2.75, 3.05) is 26.1 Å². The summed E-state index contributed by atoms with van der Waals surface area (Å²) < 4.78 is 63.0. The normalized spacial score (nSPS) is 10.9. The molecule has 0 radical (unpaired) electrons. The highest BCUT2D eigenvalue weighted by molar-refractivity contribution is 7.92. The Labute approximate surface area is 174 Å². The molecule has 0 aromatic heterocycles. The fraction of sp³-hybridized carbons (Fsp3) is 0.143. The van der Waals surface area contributed by atoms with Crippen LogP contribution >= 0.6 is 0 Å². The zero-order valence-electron chi connectivity index (χ0n) is 16.5. The Kier molecular flexibility index (Phi) is 6.31. The fourth-order valence-corrected chi connectivity index (χ4v) is 3.81. The fourth-order valence-electron chi connectivity index (χ4n) is 2.67. The highest BCUT2D eigenvalue weighted by atomic mass is 32.2. The lowest BCUT2D eigenvalue weighted by Gasteiger charge is -2.13. The molecular formula is C21H20FNO6S. The van der Waals surface area contributed by atoms with Crippen molar-refractivity contribution in [3.05, 3.63) is 66.5 Å². The molecule has 7 nitrogen and oxygen atoms in total. The van der Waals surface area contributed by atoms with E-state index in [0.29, 0.717) is 17.2 Å². The van der Waals surface area contributed by atoms with Gasteiger partial charge >= 0.3 is 0 Å². The largest absolute Gasteiger partial charge is 0.493 e. The second-order valence-corrected chi connectivity index (χ2v) is 7.67. The molecule has 3 rings (SSSR count). The molecule has 0 fully saturated rings. The van der Waals surface area contributed by atoms with E-state index in [9.17, 15) is 12.8 Å². The molecule has 30 heavy (non-hydrogen) atoms. The van der Waals surface area contributed by atoms with Crippen molar-refractivity contribution in [2.45, 2.75) is 4.90 Å². The molecule has 158 valence electrons. The molecule has 3 aromatic rings. The van der Waals surface area contributed by atoms with Gasteiger partial charge in [0.1, 0.15) is 16.5 Å². The molecule has 9 heteroatoms. The van der Waals surface area contributed by atoms with Gasteiger partial charge in [-0.15, -0.1) is 0 Å². The van der Waals surface area contributed by atoms with Crippen LogP contribution in [0, 0.1) is 5.82 Å². The number of methoxy groups -OCH3 is 3. The summed E-state index contributed by atoms with van der Waals surface area (Å²) in [6, 6.07) is 15.3. The van der Waals surface area contributed by atoms with Crippen LogP contribution in [0.25, 0.3) is 0 Å². The maximum atomic E-state index is 14.3. The van der Waals surface area contributed by atoms with E-state index in [1.807, 2.05) is 6.07 Å². The van der Waals surface area contributed by atoms with Crippen LogP contribution < -0.4 is 23.7 Å². The molecule has 0 amide bonds. The van der Waals surface area contributed by atoms with Gasteiger partial charge in [-0.1, -0.05) is 12.1 Å². The lowest BCUT2D eigenvalue weighted by Crippen LogP contribution is -2.15. The van der Waals surface area contributed by atoms with Crippen molar-refractivity contribution in [3.63, 3.8) is 0 Å². The number of nitrogens with one attached hydrogen (secondary N) is 1. The van der Waals surface area contributed by atoms with Crippen LogP contribution in [0.3, 0.4) is 0 Å². The molecule has 0 atom stereocenters. The first kappa shape index (κ1) is 21.3. The molecule has 0 aliphatic rings. The Bertz CT molecular complexity index is 1130. The van der Waals surface area contributed by atoms with Crippen LogP contribution in [-0.2, 0) is 10.0 Å². The molecule has 0 saturated carbocycles. The number of ether oxygens (including phenoxy) is 4. The van der Waals surface area contributed by atoms with Crippen LogP contribution in [0.1, 0.15) is 0 Å². The monoisotopic (exact) mass is 433 g/mol. The predicted molar refractivity (Wildman–Crippen MR) is 110 cm³/mol. The third kappa shape index (κ3) is 4.57. The van der Waals surface area contributed by atoms with E-state index < -0.39 is 20.7 Å². The summed E-state index contributed by atoms with van der Waals surface area (Å²) in [5.41, 5.74) is 0.233. The van der Waals surface area contributed by atoms with Crippen molar-refractivity contribution in [1.29, 1.82) is 0 Å².